The molecule has 0 amide bonds. The van der Waals surface area contributed by atoms with Crippen molar-refractivity contribution in [1.29, 1.82) is 0 Å². The van der Waals surface area contributed by atoms with Gasteiger partial charge in [-0.05, 0) is 48.0 Å². The highest BCUT2D eigenvalue weighted by atomic mass is 79.9. The fraction of sp³-hybridized carbons (Fsp3) is 0.300. The van der Waals surface area contributed by atoms with Gasteiger partial charge in [-0.25, -0.2) is 13.4 Å². The number of aromatic nitrogens is 6. The van der Waals surface area contributed by atoms with Crippen LogP contribution < -0.4 is 24.6 Å². The molecule has 0 spiro atoms. The zero-order chi connectivity index (χ0) is 32.0. The second-order valence-corrected chi connectivity index (χ2v) is 13.9. The molecule has 45 heavy (non-hydrogen) atoms. The van der Waals surface area contributed by atoms with Crippen molar-refractivity contribution in [2.24, 2.45) is 7.05 Å². The number of benzene rings is 2. The molecule has 0 unspecified atom stereocenters. The topological polar surface area (TPSA) is 143 Å². The third kappa shape index (κ3) is 5.73. The number of nitrogens with one attached hydrogen (secondary N) is 2. The van der Waals surface area contributed by atoms with Crippen LogP contribution in [0.3, 0.4) is 0 Å². The molecule has 15 heteroatoms. The van der Waals surface area contributed by atoms with Crippen molar-refractivity contribution in [3.63, 3.8) is 0 Å². The van der Waals surface area contributed by atoms with E-state index in [1.165, 1.54) is 17.5 Å². The van der Waals surface area contributed by atoms with Crippen LogP contribution in [0.2, 0.25) is 0 Å². The first-order chi connectivity index (χ1) is 21.5. The largest absolute Gasteiger partial charge is 0.494 e. The highest BCUT2D eigenvalue weighted by Crippen LogP contribution is 2.44. The summed E-state index contributed by atoms with van der Waals surface area (Å²) in [5, 5.41) is 11.1. The van der Waals surface area contributed by atoms with E-state index in [9.17, 15) is 8.42 Å². The Balaban J connectivity index is 1.41. The maximum atomic E-state index is 12.6. The average Bonchev–Trinajstić information content (AvgIpc) is 3.29. The predicted molar refractivity (Wildman–Crippen MR) is 180 cm³/mol. The summed E-state index contributed by atoms with van der Waals surface area (Å²) in [7, 11) is 1.46. The second-order valence-electron chi connectivity index (χ2n) is 11.0. The Labute approximate surface area is 269 Å². The van der Waals surface area contributed by atoms with Crippen LogP contribution in [0.5, 0.6) is 5.75 Å². The minimum absolute atomic E-state index is 0.283. The SMILES string of the molecule is COc1cc2c(cc1Nc1ncc(Br)c(Nc3ccc4nccnc4c3N(C)S(C)(=O)=O)n1)-c1cnn(C)c1CCN2C(C)C. The average molecular weight is 694 g/mol. The van der Waals surface area contributed by atoms with Gasteiger partial charge in [0, 0.05) is 80.3 Å². The molecule has 3 aromatic heterocycles. The molecule has 0 fully saturated rings. The van der Waals surface area contributed by atoms with Gasteiger partial charge in [0.2, 0.25) is 16.0 Å². The van der Waals surface area contributed by atoms with E-state index in [0.29, 0.717) is 50.1 Å². The van der Waals surface area contributed by atoms with Gasteiger partial charge in [0.1, 0.15) is 22.8 Å². The van der Waals surface area contributed by atoms with Crippen LogP contribution >= 0.6 is 15.9 Å². The molecule has 2 N–H and O–H groups in total. The number of anilines is 6. The van der Waals surface area contributed by atoms with Crippen LogP contribution in [0.25, 0.3) is 22.2 Å². The van der Waals surface area contributed by atoms with E-state index in [1.54, 1.807) is 31.6 Å². The summed E-state index contributed by atoms with van der Waals surface area (Å²) in [6.45, 7) is 5.22. The van der Waals surface area contributed by atoms with Crippen LogP contribution in [-0.2, 0) is 23.5 Å². The monoisotopic (exact) mass is 692 g/mol. The first kappa shape index (κ1) is 30.5. The highest BCUT2D eigenvalue weighted by Gasteiger charge is 2.27. The molecule has 0 bridgehead atoms. The molecule has 1 aliphatic rings. The van der Waals surface area contributed by atoms with Gasteiger partial charge in [-0.2, -0.15) is 10.1 Å². The first-order valence-electron chi connectivity index (χ1n) is 14.2. The molecule has 0 aliphatic carbocycles. The van der Waals surface area contributed by atoms with Crippen LogP contribution in [0.15, 0.2) is 53.5 Å². The van der Waals surface area contributed by atoms with Crippen molar-refractivity contribution >= 4 is 71.5 Å². The number of aryl methyl sites for hydroxylation is 1. The summed E-state index contributed by atoms with van der Waals surface area (Å²) in [6, 6.07) is 7.89. The van der Waals surface area contributed by atoms with Crippen LogP contribution in [0.4, 0.5) is 34.5 Å². The fourth-order valence-electron chi connectivity index (χ4n) is 5.53. The molecule has 0 radical (unpaired) electrons. The molecule has 4 heterocycles. The van der Waals surface area contributed by atoms with Gasteiger partial charge < -0.3 is 20.3 Å². The van der Waals surface area contributed by atoms with Gasteiger partial charge in [0.15, 0.2) is 0 Å². The van der Waals surface area contributed by atoms with Gasteiger partial charge in [-0.3, -0.25) is 19.0 Å². The molecule has 0 saturated heterocycles. The molecular formula is C30H33BrN10O3S. The second kappa shape index (κ2) is 11.8. The Kier molecular flexibility index (Phi) is 7.99. The molecule has 234 valence electrons. The predicted octanol–water partition coefficient (Wildman–Crippen LogP) is 5.25. The number of rotatable bonds is 8. The van der Waals surface area contributed by atoms with Gasteiger partial charge in [-0.15, -0.1) is 0 Å². The van der Waals surface area contributed by atoms with Gasteiger partial charge in [-0.1, -0.05) is 0 Å². The van der Waals surface area contributed by atoms with Crippen LogP contribution in [0, 0.1) is 0 Å². The summed E-state index contributed by atoms with van der Waals surface area (Å²) in [5.74, 6) is 1.35. The lowest BCUT2D eigenvalue weighted by Crippen LogP contribution is -2.32. The van der Waals surface area contributed by atoms with Crippen molar-refractivity contribution in [3.05, 3.63) is 59.2 Å². The maximum Gasteiger partial charge on any atom is 0.232 e. The molecule has 13 nitrogen and oxygen atoms in total. The molecular weight excluding hydrogens is 660 g/mol. The van der Waals surface area contributed by atoms with Crippen molar-refractivity contribution in [2.75, 3.05) is 46.8 Å². The third-order valence-corrected chi connectivity index (χ3v) is 9.62. The van der Waals surface area contributed by atoms with Crippen LogP contribution in [0.1, 0.15) is 19.5 Å². The Morgan fingerprint density at radius 1 is 1.04 bits per heavy atom. The summed E-state index contributed by atoms with van der Waals surface area (Å²) in [4.78, 5) is 20.4. The number of halogens is 1. The normalized spacial score (nSPS) is 12.9. The summed E-state index contributed by atoms with van der Waals surface area (Å²) in [6.07, 6.45) is 8.62. The fourth-order valence-corrected chi connectivity index (χ4v) is 6.33. The summed E-state index contributed by atoms with van der Waals surface area (Å²) >= 11 is 3.54. The van der Waals surface area contributed by atoms with Gasteiger partial charge in [0.25, 0.3) is 0 Å². The number of sulfonamides is 1. The lowest BCUT2D eigenvalue weighted by molar-refractivity contribution is 0.416. The number of fused-ring (bicyclic) bond motifs is 4. The highest BCUT2D eigenvalue weighted by molar-refractivity contribution is 9.10. The van der Waals surface area contributed by atoms with E-state index in [2.05, 4.69) is 71.4 Å². The van der Waals surface area contributed by atoms with Gasteiger partial charge in [0.05, 0.1) is 40.9 Å². The first-order valence-corrected chi connectivity index (χ1v) is 16.8. The minimum Gasteiger partial charge on any atom is -0.494 e. The standard InChI is InChI=1S/C30H33BrN10O3S/c1-17(2)41-12-9-24-19(15-35-39(24)3)18-13-23(26(44-5)14-25(18)41)37-30-34-16-20(31)29(38-30)36-22-8-7-21-27(33-11-10-32-21)28(22)40(4)45(6,42)43/h7-8,10-11,13-17H,9,12H2,1-6H3,(H2,34,36,37,38). The molecule has 2 aromatic carbocycles. The molecule has 0 atom stereocenters. The summed E-state index contributed by atoms with van der Waals surface area (Å²) < 4.78 is 34.7. The van der Waals surface area contributed by atoms with Gasteiger partial charge >= 0.3 is 0 Å². The number of ether oxygens (including phenoxy) is 1. The Morgan fingerprint density at radius 3 is 2.56 bits per heavy atom. The lowest BCUT2D eigenvalue weighted by atomic mass is 10.0. The van der Waals surface area contributed by atoms with E-state index >= 15 is 0 Å². The molecule has 6 rings (SSSR count). The third-order valence-electron chi connectivity index (χ3n) is 7.86. The van der Waals surface area contributed by atoms with E-state index < -0.39 is 10.0 Å². The summed E-state index contributed by atoms with van der Waals surface area (Å²) in [5.41, 5.74) is 6.83. The Bertz CT molecular complexity index is 2030. The number of methoxy groups -OCH3 is 1. The smallest absolute Gasteiger partial charge is 0.232 e. The molecule has 1 aliphatic heterocycles. The minimum atomic E-state index is -3.62. The molecule has 5 aromatic rings. The van der Waals surface area contributed by atoms with E-state index in [1.807, 2.05) is 24.0 Å². The molecule has 0 saturated carbocycles. The maximum absolute atomic E-state index is 12.6. The quantitative estimate of drug-likeness (QED) is 0.220. The lowest BCUT2D eigenvalue weighted by Gasteiger charge is -2.30. The zero-order valence-electron chi connectivity index (χ0n) is 25.7. The Morgan fingerprint density at radius 2 is 1.82 bits per heavy atom. The number of nitrogens with zero attached hydrogens (tertiary/aromatic N) is 8. The van der Waals surface area contributed by atoms with Crippen molar-refractivity contribution in [3.8, 4) is 16.9 Å². The van der Waals surface area contributed by atoms with Crippen molar-refractivity contribution in [2.45, 2.75) is 26.3 Å². The zero-order valence-corrected chi connectivity index (χ0v) is 28.1. The Hall–Kier alpha value is -4.50. The van der Waals surface area contributed by atoms with Crippen molar-refractivity contribution < 1.29 is 13.2 Å². The van der Waals surface area contributed by atoms with Crippen molar-refractivity contribution in [1.82, 2.24) is 29.7 Å². The van der Waals surface area contributed by atoms with E-state index in [0.717, 1.165) is 41.7 Å². The van der Waals surface area contributed by atoms with E-state index in [-0.39, 0.29) is 6.04 Å². The van der Waals surface area contributed by atoms with E-state index in [4.69, 9.17) is 9.72 Å². The number of hydrogen-bond acceptors (Lipinski definition) is 11. The van der Waals surface area contributed by atoms with Crippen LogP contribution in [-0.4, -0.2) is 71.1 Å². The number of hydrogen-bond donors (Lipinski definition) is 2.